The van der Waals surface area contributed by atoms with E-state index in [2.05, 4.69) is 34.5 Å². The highest BCUT2D eigenvalue weighted by Crippen LogP contribution is 2.24. The molecule has 0 saturated heterocycles. The monoisotopic (exact) mass is 412 g/mol. The van der Waals surface area contributed by atoms with Crippen LogP contribution in [0.3, 0.4) is 0 Å². The number of hydrogen-bond acceptors (Lipinski definition) is 4. The lowest BCUT2D eigenvalue weighted by Gasteiger charge is -2.11. The van der Waals surface area contributed by atoms with Gasteiger partial charge in [0.15, 0.2) is 5.16 Å². The average molecular weight is 413 g/mol. The van der Waals surface area contributed by atoms with Crippen LogP contribution in [0.4, 0.5) is 0 Å². The largest absolute Gasteiger partial charge is 0.276 e. The fraction of sp³-hybridized carbons (Fsp3) is 0.125. The Morgan fingerprint density at radius 1 is 0.767 bits per heavy atom. The van der Waals surface area contributed by atoms with E-state index >= 15 is 0 Å². The van der Waals surface area contributed by atoms with Crippen molar-refractivity contribution in [3.8, 4) is 0 Å². The standard InChI is InChI=1S/C24H20N4OS/c29-22-20-13-7-8-14-21(20)28-23(27(22)16-15-18-9-3-1-4-10-18)25-26-24(28)30-17-19-11-5-2-6-12-19/h1-14H,15-17H2. The van der Waals surface area contributed by atoms with Crippen molar-refractivity contribution in [3.05, 3.63) is 106 Å². The van der Waals surface area contributed by atoms with Gasteiger partial charge in [0.05, 0.1) is 10.9 Å². The number of hydrogen-bond donors (Lipinski definition) is 0. The minimum absolute atomic E-state index is 0.0268. The minimum Gasteiger partial charge on any atom is -0.276 e. The third-order valence-electron chi connectivity index (χ3n) is 5.16. The second kappa shape index (κ2) is 8.16. The summed E-state index contributed by atoms with van der Waals surface area (Å²) in [4.78, 5) is 13.2. The van der Waals surface area contributed by atoms with E-state index in [1.807, 2.05) is 65.1 Å². The summed E-state index contributed by atoms with van der Waals surface area (Å²) in [6.07, 6.45) is 0.758. The summed E-state index contributed by atoms with van der Waals surface area (Å²) in [7, 11) is 0. The summed E-state index contributed by atoms with van der Waals surface area (Å²) >= 11 is 1.63. The Morgan fingerprint density at radius 2 is 1.43 bits per heavy atom. The normalized spacial score (nSPS) is 11.3. The number of aromatic nitrogens is 4. The number of fused-ring (bicyclic) bond motifs is 3. The zero-order valence-electron chi connectivity index (χ0n) is 16.3. The van der Waals surface area contributed by atoms with Gasteiger partial charge in [0, 0.05) is 12.3 Å². The van der Waals surface area contributed by atoms with Crippen molar-refractivity contribution in [3.63, 3.8) is 0 Å². The zero-order valence-corrected chi connectivity index (χ0v) is 17.1. The number of aryl methyl sites for hydroxylation is 2. The molecule has 0 amide bonds. The number of rotatable bonds is 6. The van der Waals surface area contributed by atoms with Crippen molar-refractivity contribution in [2.75, 3.05) is 0 Å². The van der Waals surface area contributed by atoms with Gasteiger partial charge in [-0.05, 0) is 29.7 Å². The van der Waals surface area contributed by atoms with Crippen LogP contribution in [0.15, 0.2) is 94.9 Å². The van der Waals surface area contributed by atoms with Crippen molar-refractivity contribution >= 4 is 28.4 Å². The summed E-state index contributed by atoms with van der Waals surface area (Å²) in [6.45, 7) is 0.554. The van der Waals surface area contributed by atoms with Gasteiger partial charge < -0.3 is 0 Å². The van der Waals surface area contributed by atoms with Crippen molar-refractivity contribution < 1.29 is 0 Å². The molecule has 0 N–H and O–H groups in total. The molecule has 0 saturated carbocycles. The summed E-state index contributed by atoms with van der Waals surface area (Å²) in [5.74, 6) is 1.38. The average Bonchev–Trinajstić information content (AvgIpc) is 3.23. The van der Waals surface area contributed by atoms with E-state index in [1.165, 1.54) is 11.1 Å². The Balaban J connectivity index is 1.58. The molecule has 5 rings (SSSR count). The van der Waals surface area contributed by atoms with E-state index in [0.717, 1.165) is 22.8 Å². The summed E-state index contributed by atoms with van der Waals surface area (Å²) in [5.41, 5.74) is 3.23. The summed E-state index contributed by atoms with van der Waals surface area (Å²) in [5, 5.41) is 10.3. The number of benzene rings is 3. The molecular formula is C24H20N4OS. The van der Waals surface area contributed by atoms with Crippen molar-refractivity contribution in [2.45, 2.75) is 23.9 Å². The van der Waals surface area contributed by atoms with Gasteiger partial charge in [-0.1, -0.05) is 84.6 Å². The molecule has 3 aromatic carbocycles. The van der Waals surface area contributed by atoms with Crippen molar-refractivity contribution in [2.24, 2.45) is 0 Å². The van der Waals surface area contributed by atoms with E-state index < -0.39 is 0 Å². The molecule has 0 aliphatic rings. The lowest BCUT2D eigenvalue weighted by atomic mass is 10.1. The highest BCUT2D eigenvalue weighted by Gasteiger charge is 2.16. The topological polar surface area (TPSA) is 52.2 Å². The van der Waals surface area contributed by atoms with Crippen LogP contribution >= 0.6 is 11.8 Å². The van der Waals surface area contributed by atoms with Gasteiger partial charge >= 0.3 is 0 Å². The van der Waals surface area contributed by atoms with Crippen LogP contribution in [0.2, 0.25) is 0 Å². The van der Waals surface area contributed by atoms with E-state index in [1.54, 1.807) is 16.3 Å². The van der Waals surface area contributed by atoms with Gasteiger partial charge in [-0.25, -0.2) is 0 Å². The lowest BCUT2D eigenvalue weighted by Crippen LogP contribution is -2.24. The molecule has 6 heteroatoms. The molecule has 0 radical (unpaired) electrons. The predicted octanol–water partition coefficient (Wildman–Crippen LogP) is 4.58. The Labute approximate surface area is 178 Å². The molecule has 148 valence electrons. The minimum atomic E-state index is -0.0268. The van der Waals surface area contributed by atoms with Crippen LogP contribution in [0.5, 0.6) is 0 Å². The second-order valence-electron chi connectivity index (χ2n) is 7.10. The first-order valence-corrected chi connectivity index (χ1v) is 10.9. The van der Waals surface area contributed by atoms with Crippen molar-refractivity contribution in [1.82, 2.24) is 19.2 Å². The molecule has 5 aromatic rings. The SMILES string of the molecule is O=c1c2ccccc2n2c(SCc3ccccc3)nnc2n1CCc1ccccc1. The molecule has 2 heterocycles. The molecule has 0 aliphatic carbocycles. The molecular weight excluding hydrogens is 392 g/mol. The fourth-order valence-corrected chi connectivity index (χ4v) is 4.53. The number of para-hydroxylation sites is 1. The van der Waals surface area contributed by atoms with Crippen molar-refractivity contribution in [1.29, 1.82) is 0 Å². The van der Waals surface area contributed by atoms with E-state index in [4.69, 9.17) is 0 Å². The molecule has 5 nitrogen and oxygen atoms in total. The van der Waals surface area contributed by atoms with E-state index in [9.17, 15) is 4.79 Å². The Morgan fingerprint density at radius 3 is 2.20 bits per heavy atom. The first-order valence-electron chi connectivity index (χ1n) is 9.88. The molecule has 0 bridgehead atoms. The van der Waals surface area contributed by atoms with Gasteiger partial charge in [0.1, 0.15) is 0 Å². The maximum absolute atomic E-state index is 13.2. The summed E-state index contributed by atoms with van der Waals surface area (Å²) in [6, 6.07) is 28.2. The molecule has 0 spiro atoms. The quantitative estimate of drug-likeness (QED) is 0.383. The number of thioether (sulfide) groups is 1. The zero-order chi connectivity index (χ0) is 20.3. The summed E-state index contributed by atoms with van der Waals surface area (Å²) < 4.78 is 3.75. The third kappa shape index (κ3) is 3.50. The maximum Gasteiger partial charge on any atom is 0.262 e. The van der Waals surface area contributed by atoms with Crippen LogP contribution < -0.4 is 5.56 Å². The predicted molar refractivity (Wildman–Crippen MR) is 121 cm³/mol. The smallest absolute Gasteiger partial charge is 0.262 e. The molecule has 0 unspecified atom stereocenters. The molecule has 2 aromatic heterocycles. The van der Waals surface area contributed by atoms with Crippen LogP contribution in [-0.2, 0) is 18.7 Å². The highest BCUT2D eigenvalue weighted by molar-refractivity contribution is 7.98. The fourth-order valence-electron chi connectivity index (χ4n) is 3.64. The molecule has 0 fully saturated rings. The van der Waals surface area contributed by atoms with Gasteiger partial charge in [-0.15, -0.1) is 10.2 Å². The van der Waals surface area contributed by atoms with Crippen LogP contribution in [0.25, 0.3) is 16.7 Å². The molecule has 0 aliphatic heterocycles. The molecule has 30 heavy (non-hydrogen) atoms. The first-order chi connectivity index (χ1) is 14.8. The lowest BCUT2D eigenvalue weighted by molar-refractivity contribution is 0.677. The van der Waals surface area contributed by atoms with E-state index in [-0.39, 0.29) is 5.56 Å². The number of nitrogens with zero attached hydrogens (tertiary/aromatic N) is 4. The van der Waals surface area contributed by atoms with Gasteiger partial charge in [0.2, 0.25) is 5.78 Å². The van der Waals surface area contributed by atoms with Gasteiger partial charge in [0.25, 0.3) is 5.56 Å². The van der Waals surface area contributed by atoms with Gasteiger partial charge in [-0.3, -0.25) is 13.8 Å². The second-order valence-corrected chi connectivity index (χ2v) is 8.04. The highest BCUT2D eigenvalue weighted by atomic mass is 32.2. The Hall–Kier alpha value is -3.38. The van der Waals surface area contributed by atoms with E-state index in [0.29, 0.717) is 17.7 Å². The molecule has 0 atom stereocenters. The van der Waals surface area contributed by atoms with Crippen LogP contribution in [0.1, 0.15) is 11.1 Å². The third-order valence-corrected chi connectivity index (χ3v) is 6.16. The Kier molecular flexibility index (Phi) is 5.07. The van der Waals surface area contributed by atoms with Crippen LogP contribution in [-0.4, -0.2) is 19.2 Å². The Bertz CT molecular complexity index is 1360. The van der Waals surface area contributed by atoms with Gasteiger partial charge in [-0.2, -0.15) is 0 Å². The van der Waals surface area contributed by atoms with Crippen LogP contribution in [0, 0.1) is 0 Å². The maximum atomic E-state index is 13.2. The first kappa shape index (κ1) is 18.6.